The van der Waals surface area contributed by atoms with Crippen molar-refractivity contribution in [2.45, 2.75) is 26.3 Å². The topological polar surface area (TPSA) is 112 Å². The average molecular weight is 469 g/mol. The van der Waals surface area contributed by atoms with Gasteiger partial charge in [-0.25, -0.2) is 9.37 Å². The lowest BCUT2D eigenvalue weighted by atomic mass is 9.96. The van der Waals surface area contributed by atoms with E-state index in [1.165, 1.54) is 21.7 Å². The molecular weight excluding hydrogens is 439 g/mol. The summed E-state index contributed by atoms with van der Waals surface area (Å²) in [4.78, 5) is 31.5. The molecule has 1 aromatic carbocycles. The second-order valence-corrected chi connectivity index (χ2v) is 8.96. The molecule has 180 valence electrons. The van der Waals surface area contributed by atoms with Crippen molar-refractivity contribution < 1.29 is 19.1 Å². The summed E-state index contributed by atoms with van der Waals surface area (Å²) in [5.74, 6) is -0.988. The summed E-state index contributed by atoms with van der Waals surface area (Å²) in [7, 11) is 4.96. The SMILES string of the molecule is Cc1cc(F)c(C(=O)Nc2ccn(C)n2)cc1-c1cnc(NC(C)(C)CO)c(C(=O)N(C)C)c1. The van der Waals surface area contributed by atoms with E-state index in [1.807, 2.05) is 0 Å². The van der Waals surface area contributed by atoms with Crippen LogP contribution in [0.4, 0.5) is 16.0 Å². The molecule has 0 saturated carbocycles. The molecule has 9 nitrogen and oxygen atoms in total. The van der Waals surface area contributed by atoms with Gasteiger partial charge in [0.05, 0.1) is 23.3 Å². The normalized spacial score (nSPS) is 11.3. The van der Waals surface area contributed by atoms with Crippen LogP contribution in [0, 0.1) is 12.7 Å². The van der Waals surface area contributed by atoms with Gasteiger partial charge >= 0.3 is 0 Å². The van der Waals surface area contributed by atoms with E-state index >= 15 is 0 Å². The first kappa shape index (κ1) is 24.8. The Morgan fingerprint density at radius 2 is 1.91 bits per heavy atom. The molecule has 2 aromatic heterocycles. The van der Waals surface area contributed by atoms with E-state index in [1.54, 1.807) is 66.4 Å². The number of carbonyl (C=O) groups excluding carboxylic acids is 2. The molecule has 0 spiro atoms. The Hall–Kier alpha value is -3.79. The van der Waals surface area contributed by atoms with Crippen molar-refractivity contribution in [2.75, 3.05) is 31.3 Å². The number of nitrogens with zero attached hydrogens (tertiary/aromatic N) is 4. The average Bonchev–Trinajstić information content (AvgIpc) is 3.17. The maximum absolute atomic E-state index is 14.7. The summed E-state index contributed by atoms with van der Waals surface area (Å²) in [6, 6.07) is 5.96. The number of rotatable bonds is 7. The highest BCUT2D eigenvalue weighted by Crippen LogP contribution is 2.30. The van der Waals surface area contributed by atoms with Crippen LogP contribution in [0.3, 0.4) is 0 Å². The van der Waals surface area contributed by atoms with Gasteiger partial charge in [-0.05, 0) is 50.1 Å². The standard InChI is InChI=1S/C24H29FN6O3/c1-14-9-19(25)17(22(33)27-20-7-8-31(6)29-20)11-16(14)15-10-18(23(34)30(4)5)21(26-12-15)28-24(2,3)13-32/h7-12,32H,13H2,1-6H3,(H,26,28)(H,27,29,33). The van der Waals surface area contributed by atoms with E-state index in [-0.39, 0.29) is 23.6 Å². The van der Waals surface area contributed by atoms with Crippen LogP contribution in [-0.4, -0.2) is 62.8 Å². The molecule has 0 aliphatic rings. The minimum atomic E-state index is -0.710. The van der Waals surface area contributed by atoms with Gasteiger partial charge in [-0.15, -0.1) is 0 Å². The molecule has 2 heterocycles. The summed E-state index contributed by atoms with van der Waals surface area (Å²) < 4.78 is 16.2. The summed E-state index contributed by atoms with van der Waals surface area (Å²) in [6.07, 6.45) is 3.21. The predicted octanol–water partition coefficient (Wildman–Crippen LogP) is 3.07. The smallest absolute Gasteiger partial charge is 0.259 e. The number of carbonyl (C=O) groups is 2. The number of halogens is 1. The van der Waals surface area contributed by atoms with E-state index in [2.05, 4.69) is 20.7 Å². The highest BCUT2D eigenvalue weighted by atomic mass is 19.1. The van der Waals surface area contributed by atoms with Gasteiger partial charge in [0.25, 0.3) is 11.8 Å². The van der Waals surface area contributed by atoms with Crippen molar-refractivity contribution >= 4 is 23.5 Å². The number of aliphatic hydroxyl groups is 1. The minimum Gasteiger partial charge on any atom is -0.394 e. The van der Waals surface area contributed by atoms with Crippen LogP contribution in [0.1, 0.15) is 40.1 Å². The fraction of sp³-hybridized carbons (Fsp3) is 0.333. The molecular formula is C24H29FN6O3. The molecule has 3 N–H and O–H groups in total. The number of benzene rings is 1. The maximum atomic E-state index is 14.7. The fourth-order valence-corrected chi connectivity index (χ4v) is 3.30. The Bertz CT molecular complexity index is 1240. The molecule has 0 aliphatic carbocycles. The lowest BCUT2D eigenvalue weighted by molar-refractivity contribution is 0.0827. The molecule has 0 radical (unpaired) electrons. The molecule has 10 heteroatoms. The number of pyridine rings is 1. The van der Waals surface area contributed by atoms with Crippen LogP contribution in [0.15, 0.2) is 36.7 Å². The number of anilines is 2. The number of aromatic nitrogens is 3. The number of hydrogen-bond acceptors (Lipinski definition) is 6. The monoisotopic (exact) mass is 468 g/mol. The summed E-state index contributed by atoms with van der Waals surface area (Å²) >= 11 is 0. The van der Waals surface area contributed by atoms with E-state index in [0.29, 0.717) is 28.3 Å². The van der Waals surface area contributed by atoms with Crippen LogP contribution in [0.25, 0.3) is 11.1 Å². The number of aliphatic hydroxyl groups excluding tert-OH is 1. The Balaban J connectivity index is 2.06. The molecule has 0 aliphatic heterocycles. The Labute approximate surface area is 197 Å². The molecule has 3 aromatic rings. The molecule has 0 bridgehead atoms. The summed E-state index contributed by atoms with van der Waals surface area (Å²) in [5.41, 5.74) is 1.09. The van der Waals surface area contributed by atoms with Crippen LogP contribution in [0.2, 0.25) is 0 Å². The van der Waals surface area contributed by atoms with Crippen molar-refractivity contribution in [3.8, 4) is 11.1 Å². The van der Waals surface area contributed by atoms with Crippen LogP contribution in [-0.2, 0) is 7.05 Å². The Morgan fingerprint density at radius 3 is 2.50 bits per heavy atom. The van der Waals surface area contributed by atoms with Gasteiger partial charge in [0, 0.05) is 45.2 Å². The largest absolute Gasteiger partial charge is 0.394 e. The zero-order valence-corrected chi connectivity index (χ0v) is 20.1. The summed E-state index contributed by atoms with van der Waals surface area (Å²) in [6.45, 7) is 5.11. The third-order valence-corrected chi connectivity index (χ3v) is 5.20. The van der Waals surface area contributed by atoms with Gasteiger partial charge in [0.1, 0.15) is 11.6 Å². The fourth-order valence-electron chi connectivity index (χ4n) is 3.30. The molecule has 0 atom stereocenters. The van der Waals surface area contributed by atoms with E-state index in [4.69, 9.17) is 0 Å². The number of amides is 2. The third kappa shape index (κ3) is 5.40. The summed E-state index contributed by atoms with van der Waals surface area (Å²) in [5, 5.41) is 19.4. The molecule has 0 unspecified atom stereocenters. The second kappa shape index (κ2) is 9.60. The molecule has 2 amide bonds. The Kier molecular flexibility index (Phi) is 7.01. The number of nitrogens with one attached hydrogen (secondary N) is 2. The number of hydrogen-bond donors (Lipinski definition) is 3. The first-order chi connectivity index (χ1) is 15.9. The molecule has 34 heavy (non-hydrogen) atoms. The highest BCUT2D eigenvalue weighted by Gasteiger charge is 2.24. The van der Waals surface area contributed by atoms with Crippen LogP contribution < -0.4 is 10.6 Å². The van der Waals surface area contributed by atoms with Gasteiger partial charge in [0.2, 0.25) is 0 Å². The van der Waals surface area contributed by atoms with Crippen LogP contribution in [0.5, 0.6) is 0 Å². The van der Waals surface area contributed by atoms with Crippen molar-refractivity contribution in [3.05, 3.63) is 59.2 Å². The van der Waals surface area contributed by atoms with E-state index in [0.717, 1.165) is 0 Å². The van der Waals surface area contributed by atoms with Gasteiger partial charge in [-0.1, -0.05) is 0 Å². The van der Waals surface area contributed by atoms with Crippen molar-refractivity contribution in [3.63, 3.8) is 0 Å². The first-order valence-electron chi connectivity index (χ1n) is 10.6. The van der Waals surface area contributed by atoms with Crippen molar-refractivity contribution in [2.24, 2.45) is 7.05 Å². The van der Waals surface area contributed by atoms with E-state index in [9.17, 15) is 19.1 Å². The van der Waals surface area contributed by atoms with Gasteiger partial charge in [0.15, 0.2) is 5.82 Å². The predicted molar refractivity (Wildman–Crippen MR) is 128 cm³/mol. The van der Waals surface area contributed by atoms with E-state index < -0.39 is 17.3 Å². The zero-order valence-electron chi connectivity index (χ0n) is 20.1. The van der Waals surface area contributed by atoms with Crippen LogP contribution >= 0.6 is 0 Å². The van der Waals surface area contributed by atoms with Gasteiger partial charge in [-0.3, -0.25) is 14.3 Å². The Morgan fingerprint density at radius 1 is 1.21 bits per heavy atom. The third-order valence-electron chi connectivity index (χ3n) is 5.20. The maximum Gasteiger partial charge on any atom is 0.259 e. The van der Waals surface area contributed by atoms with Gasteiger partial charge < -0.3 is 20.6 Å². The quantitative estimate of drug-likeness (QED) is 0.491. The lowest BCUT2D eigenvalue weighted by Gasteiger charge is -2.26. The van der Waals surface area contributed by atoms with Crippen molar-refractivity contribution in [1.82, 2.24) is 19.7 Å². The lowest BCUT2D eigenvalue weighted by Crippen LogP contribution is -2.36. The molecule has 0 fully saturated rings. The molecule has 3 rings (SSSR count). The number of aryl methyl sites for hydroxylation is 2. The molecule has 0 saturated heterocycles. The zero-order chi connectivity index (χ0) is 25.2. The van der Waals surface area contributed by atoms with Gasteiger partial charge in [-0.2, -0.15) is 5.10 Å². The minimum absolute atomic E-state index is 0.157. The highest BCUT2D eigenvalue weighted by molar-refractivity contribution is 6.05. The first-order valence-corrected chi connectivity index (χ1v) is 10.6. The second-order valence-electron chi connectivity index (χ2n) is 8.96. The van der Waals surface area contributed by atoms with Crippen molar-refractivity contribution in [1.29, 1.82) is 0 Å².